The first-order chi connectivity index (χ1) is 12.5. The first-order valence-electron chi connectivity index (χ1n) is 7.73. The van der Waals surface area contributed by atoms with Gasteiger partial charge >= 0.3 is 6.18 Å². The molecule has 2 rings (SSSR count). The molecule has 2 aromatic rings. The smallest absolute Gasteiger partial charge is 0.416 e. The van der Waals surface area contributed by atoms with Crippen molar-refractivity contribution in [3.05, 3.63) is 53.6 Å². The van der Waals surface area contributed by atoms with Gasteiger partial charge in [-0.25, -0.2) is 8.42 Å². The van der Waals surface area contributed by atoms with Crippen LogP contribution < -0.4 is 14.6 Å². The van der Waals surface area contributed by atoms with Crippen molar-refractivity contribution >= 4 is 21.7 Å². The van der Waals surface area contributed by atoms with E-state index in [2.05, 4.69) is 0 Å². The molecule has 0 aliphatic carbocycles. The average molecular weight is 402 g/mol. The van der Waals surface area contributed by atoms with E-state index in [-0.39, 0.29) is 17.9 Å². The van der Waals surface area contributed by atoms with Crippen molar-refractivity contribution in [2.75, 3.05) is 11.3 Å². The topological polar surface area (TPSA) is 95.5 Å². The summed E-state index contributed by atoms with van der Waals surface area (Å²) in [6, 6.07) is 6.68. The maximum atomic E-state index is 13.0. The molecule has 0 aliphatic heterocycles. The van der Waals surface area contributed by atoms with Crippen LogP contribution in [0.15, 0.2) is 47.4 Å². The van der Waals surface area contributed by atoms with Crippen LogP contribution in [0.4, 0.5) is 18.9 Å². The number of rotatable bonds is 7. The third-order valence-electron chi connectivity index (χ3n) is 3.39. The molecule has 6 nitrogen and oxygen atoms in total. The Kier molecular flexibility index (Phi) is 5.99. The molecule has 0 aliphatic rings. The van der Waals surface area contributed by atoms with Crippen molar-refractivity contribution < 1.29 is 36.2 Å². The van der Waals surface area contributed by atoms with Crippen molar-refractivity contribution in [1.29, 1.82) is 0 Å². The van der Waals surface area contributed by atoms with E-state index in [1.54, 1.807) is 6.92 Å². The molecule has 0 saturated carbocycles. The number of carboxylic acid groups (broad SMARTS) is 1. The number of hydrogen-bond donors (Lipinski definition) is 1. The molecule has 0 spiro atoms. The summed E-state index contributed by atoms with van der Waals surface area (Å²) in [5, 5.41) is 10.9. The van der Waals surface area contributed by atoms with Gasteiger partial charge in [-0.1, -0.05) is 19.1 Å². The van der Waals surface area contributed by atoms with Crippen LogP contribution in [0.5, 0.6) is 5.75 Å². The molecule has 27 heavy (non-hydrogen) atoms. The zero-order valence-electron chi connectivity index (χ0n) is 14.0. The zero-order chi connectivity index (χ0) is 20.2. The number of carbonyl (C=O) groups excluding carboxylic acids is 1. The summed E-state index contributed by atoms with van der Waals surface area (Å²) in [6.45, 7) is 1.94. The monoisotopic (exact) mass is 402 g/mol. The van der Waals surface area contributed by atoms with Crippen LogP contribution in [0.2, 0.25) is 0 Å². The Labute approximate surface area is 153 Å². The van der Waals surface area contributed by atoms with E-state index in [0.717, 1.165) is 30.3 Å². The molecule has 0 radical (unpaired) electrons. The van der Waals surface area contributed by atoms with Gasteiger partial charge in [-0.3, -0.25) is 4.72 Å². The molecule has 0 saturated heterocycles. The number of alkyl halides is 3. The number of anilines is 1. The fourth-order valence-corrected chi connectivity index (χ4v) is 3.22. The molecule has 0 unspecified atom stereocenters. The van der Waals surface area contributed by atoms with E-state index in [1.807, 2.05) is 4.72 Å². The van der Waals surface area contributed by atoms with Crippen LogP contribution in [0.3, 0.4) is 0 Å². The number of halogens is 3. The fourth-order valence-electron chi connectivity index (χ4n) is 2.12. The van der Waals surface area contributed by atoms with E-state index >= 15 is 0 Å². The van der Waals surface area contributed by atoms with Crippen LogP contribution in [0.25, 0.3) is 0 Å². The highest BCUT2D eigenvalue weighted by atomic mass is 32.2. The van der Waals surface area contributed by atoms with Gasteiger partial charge in [-0.05, 0) is 42.3 Å². The Balaban J connectivity index is 2.46. The largest absolute Gasteiger partial charge is 0.545 e. The van der Waals surface area contributed by atoms with Gasteiger partial charge in [-0.2, -0.15) is 13.2 Å². The summed E-state index contributed by atoms with van der Waals surface area (Å²) in [5.74, 6) is -1.66. The lowest BCUT2D eigenvalue weighted by atomic mass is 10.2. The normalized spacial score (nSPS) is 11.9. The third kappa shape index (κ3) is 5.13. The van der Waals surface area contributed by atoms with Gasteiger partial charge in [-0.15, -0.1) is 0 Å². The van der Waals surface area contributed by atoms with E-state index in [1.165, 1.54) is 6.07 Å². The SMILES string of the molecule is CCCOc1ccc(C(F)(F)F)cc1NS(=O)(=O)c1cccc(C(=O)[O-])c1. The van der Waals surface area contributed by atoms with Crippen molar-refractivity contribution in [3.8, 4) is 5.75 Å². The van der Waals surface area contributed by atoms with Crippen molar-refractivity contribution in [3.63, 3.8) is 0 Å². The molecule has 0 fully saturated rings. The highest BCUT2D eigenvalue weighted by Crippen LogP contribution is 2.36. The Morgan fingerprint density at radius 2 is 1.89 bits per heavy atom. The van der Waals surface area contributed by atoms with E-state index in [0.29, 0.717) is 12.5 Å². The Hall–Kier alpha value is -2.75. The number of carbonyl (C=O) groups is 1. The molecular formula is C17H15F3NO5S-. The second kappa shape index (κ2) is 7.87. The van der Waals surface area contributed by atoms with Crippen LogP contribution in [-0.2, 0) is 16.2 Å². The molecule has 0 atom stereocenters. The zero-order valence-corrected chi connectivity index (χ0v) is 14.9. The Morgan fingerprint density at radius 3 is 2.48 bits per heavy atom. The lowest BCUT2D eigenvalue weighted by Crippen LogP contribution is -2.23. The number of ether oxygens (including phenoxy) is 1. The van der Waals surface area contributed by atoms with Gasteiger partial charge in [0.25, 0.3) is 10.0 Å². The summed E-state index contributed by atoms with van der Waals surface area (Å²) >= 11 is 0. The van der Waals surface area contributed by atoms with Crippen LogP contribution in [0.1, 0.15) is 29.3 Å². The summed E-state index contributed by atoms with van der Waals surface area (Å²) in [6.07, 6.45) is -4.13. The van der Waals surface area contributed by atoms with E-state index in [9.17, 15) is 31.5 Å². The standard InChI is InChI=1S/C17H16F3NO5S/c1-2-8-26-15-7-6-12(17(18,19)20)10-14(15)21-27(24,25)13-5-3-4-11(9-13)16(22)23/h3-7,9-10,21H,2,8H2,1H3,(H,22,23)/p-1. The minimum atomic E-state index is -4.68. The van der Waals surface area contributed by atoms with E-state index < -0.39 is 38.3 Å². The van der Waals surface area contributed by atoms with E-state index in [4.69, 9.17) is 4.74 Å². The summed E-state index contributed by atoms with van der Waals surface area (Å²) in [4.78, 5) is 10.5. The second-order valence-electron chi connectivity index (χ2n) is 5.48. The first-order valence-corrected chi connectivity index (χ1v) is 9.21. The first kappa shape index (κ1) is 20.6. The third-order valence-corrected chi connectivity index (χ3v) is 4.76. The lowest BCUT2D eigenvalue weighted by molar-refractivity contribution is -0.255. The van der Waals surface area contributed by atoms with Crippen LogP contribution in [-0.4, -0.2) is 21.0 Å². The minimum Gasteiger partial charge on any atom is -0.545 e. The van der Waals surface area contributed by atoms with Crippen molar-refractivity contribution in [1.82, 2.24) is 0 Å². The quantitative estimate of drug-likeness (QED) is 0.768. The highest BCUT2D eigenvalue weighted by molar-refractivity contribution is 7.92. The number of hydrogen-bond acceptors (Lipinski definition) is 5. The fraction of sp³-hybridized carbons (Fsp3) is 0.235. The Bertz CT molecular complexity index is 942. The molecule has 146 valence electrons. The number of carboxylic acids is 1. The number of nitrogens with one attached hydrogen (secondary N) is 1. The second-order valence-corrected chi connectivity index (χ2v) is 7.16. The maximum absolute atomic E-state index is 13.0. The summed E-state index contributed by atoms with van der Waals surface area (Å²) in [5.41, 5.74) is -1.85. The molecule has 0 heterocycles. The van der Waals surface area contributed by atoms with Gasteiger partial charge in [0.1, 0.15) is 5.75 Å². The van der Waals surface area contributed by atoms with Crippen molar-refractivity contribution in [2.45, 2.75) is 24.4 Å². The lowest BCUT2D eigenvalue weighted by Gasteiger charge is -2.16. The molecule has 0 bridgehead atoms. The number of benzene rings is 2. The molecule has 1 N–H and O–H groups in total. The van der Waals surface area contributed by atoms with Crippen LogP contribution in [0, 0.1) is 0 Å². The molecule has 0 aromatic heterocycles. The predicted octanol–water partition coefficient (Wildman–Crippen LogP) is 2.66. The van der Waals surface area contributed by atoms with Gasteiger partial charge in [0, 0.05) is 0 Å². The maximum Gasteiger partial charge on any atom is 0.416 e. The van der Waals surface area contributed by atoms with Gasteiger partial charge in [0.15, 0.2) is 0 Å². The van der Waals surface area contributed by atoms with Gasteiger partial charge in [0.05, 0.1) is 28.7 Å². The molecule has 10 heteroatoms. The number of aromatic carboxylic acids is 1. The minimum absolute atomic E-state index is 0.0792. The van der Waals surface area contributed by atoms with Crippen LogP contribution >= 0.6 is 0 Å². The summed E-state index contributed by atoms with van der Waals surface area (Å²) < 4.78 is 71.2. The summed E-state index contributed by atoms with van der Waals surface area (Å²) in [7, 11) is -4.37. The Morgan fingerprint density at radius 1 is 1.19 bits per heavy atom. The number of sulfonamides is 1. The average Bonchev–Trinajstić information content (AvgIpc) is 2.59. The van der Waals surface area contributed by atoms with Gasteiger partial charge < -0.3 is 14.6 Å². The molecule has 2 aromatic carbocycles. The highest BCUT2D eigenvalue weighted by Gasteiger charge is 2.32. The molecular weight excluding hydrogens is 387 g/mol. The molecule has 0 amide bonds. The van der Waals surface area contributed by atoms with Crippen molar-refractivity contribution in [2.24, 2.45) is 0 Å². The predicted molar refractivity (Wildman–Crippen MR) is 88.8 cm³/mol. The van der Waals surface area contributed by atoms with Gasteiger partial charge in [0.2, 0.25) is 0 Å².